The second-order valence-electron chi connectivity index (χ2n) is 9.96. The van der Waals surface area contributed by atoms with Crippen molar-refractivity contribution >= 4 is 45.1 Å². The van der Waals surface area contributed by atoms with Crippen molar-refractivity contribution in [1.29, 1.82) is 0 Å². The maximum atomic E-state index is 12.2. The Bertz CT molecular complexity index is 640. The van der Waals surface area contributed by atoms with Gasteiger partial charge in [-0.25, -0.2) is 0 Å². The highest BCUT2D eigenvalue weighted by atomic mass is 32.2. The van der Waals surface area contributed by atoms with Gasteiger partial charge in [0.1, 0.15) is 0 Å². The molecule has 0 bridgehead atoms. The average molecular weight is 561 g/mol. The van der Waals surface area contributed by atoms with Crippen molar-refractivity contribution in [2.24, 2.45) is 0 Å². The van der Waals surface area contributed by atoms with Gasteiger partial charge in [-0.15, -0.1) is 0 Å². The molecule has 0 aromatic rings. The number of ether oxygens (including phenoxy) is 2. The zero-order valence-electron chi connectivity index (χ0n) is 23.1. The van der Waals surface area contributed by atoms with Crippen LogP contribution in [0.5, 0.6) is 0 Å². The van der Waals surface area contributed by atoms with Crippen molar-refractivity contribution < 1.29 is 32.0 Å². The average Bonchev–Trinajstić information content (AvgIpc) is 2.83. The summed E-state index contributed by atoms with van der Waals surface area (Å²) in [5.74, 6) is -1.91. The largest absolute Gasteiger partial charge is 0.466 e. The van der Waals surface area contributed by atoms with E-state index in [4.69, 9.17) is 9.47 Å². The van der Waals surface area contributed by atoms with Crippen LogP contribution in [0.15, 0.2) is 0 Å². The van der Waals surface area contributed by atoms with Crippen LogP contribution in [0, 0.1) is 0 Å². The van der Waals surface area contributed by atoms with Gasteiger partial charge in [0.15, 0.2) is 5.25 Å². The molecule has 0 heterocycles. The summed E-state index contributed by atoms with van der Waals surface area (Å²) in [6.07, 6.45) is 22.1. The lowest BCUT2D eigenvalue weighted by atomic mass is 10.1. The standard InChI is InChI=1S/C28H54O7S.Mg.2H/c1-3-5-7-9-11-13-15-17-19-21-23-34-27(29)25-26(36(31,32)33)28(30)35-24-22-20-18-16-14-12-10-8-6-4-2;;;/h26H,3-25H2,1-2H3,(H,31,32,33);;;. The Hall–Kier alpha value is -0.384. The smallest absolute Gasteiger partial charge is 0.327 e. The number of esters is 2. The van der Waals surface area contributed by atoms with Gasteiger partial charge >= 0.3 is 35.0 Å². The topological polar surface area (TPSA) is 107 Å². The molecule has 218 valence electrons. The Morgan fingerprint density at radius 1 is 0.595 bits per heavy atom. The number of carbonyl (C=O) groups excluding carboxylic acids is 2. The van der Waals surface area contributed by atoms with Crippen LogP contribution < -0.4 is 0 Å². The lowest BCUT2D eigenvalue weighted by molar-refractivity contribution is -0.150. The van der Waals surface area contributed by atoms with Gasteiger partial charge in [-0.3, -0.25) is 14.1 Å². The zero-order valence-corrected chi connectivity index (χ0v) is 24.0. The van der Waals surface area contributed by atoms with Crippen molar-refractivity contribution in [1.82, 2.24) is 0 Å². The molecule has 0 spiro atoms. The van der Waals surface area contributed by atoms with Gasteiger partial charge in [-0.05, 0) is 12.8 Å². The molecule has 0 radical (unpaired) electrons. The zero-order chi connectivity index (χ0) is 26.9. The van der Waals surface area contributed by atoms with Crippen LogP contribution in [0.1, 0.15) is 149 Å². The molecule has 0 aliphatic carbocycles. The first-order valence-corrected chi connectivity index (χ1v) is 16.1. The maximum Gasteiger partial charge on any atom is 0.327 e. The molecule has 0 aliphatic rings. The van der Waals surface area contributed by atoms with Crippen molar-refractivity contribution in [2.75, 3.05) is 13.2 Å². The molecular weight excluding hydrogens is 505 g/mol. The first kappa shape index (κ1) is 38.8. The van der Waals surface area contributed by atoms with Crippen molar-refractivity contribution in [3.05, 3.63) is 0 Å². The summed E-state index contributed by atoms with van der Waals surface area (Å²) in [4.78, 5) is 24.2. The summed E-state index contributed by atoms with van der Waals surface area (Å²) in [5, 5.41) is -1.93. The van der Waals surface area contributed by atoms with E-state index >= 15 is 0 Å². The highest BCUT2D eigenvalue weighted by Crippen LogP contribution is 2.13. The predicted octanol–water partition coefficient (Wildman–Crippen LogP) is 6.64. The number of unbranched alkanes of at least 4 members (excludes halogenated alkanes) is 18. The first-order chi connectivity index (χ1) is 17.3. The highest BCUT2D eigenvalue weighted by molar-refractivity contribution is 7.87. The number of hydrogen-bond acceptors (Lipinski definition) is 6. The van der Waals surface area contributed by atoms with Crippen LogP contribution >= 0.6 is 0 Å². The van der Waals surface area contributed by atoms with Gasteiger partial charge in [-0.2, -0.15) is 8.42 Å². The molecule has 0 amide bonds. The molecule has 9 heteroatoms. The summed E-state index contributed by atoms with van der Waals surface area (Å²) >= 11 is 0. The molecular formula is C28H56MgO7S. The summed E-state index contributed by atoms with van der Waals surface area (Å²) in [6, 6.07) is 0. The summed E-state index contributed by atoms with van der Waals surface area (Å²) in [7, 11) is -4.75. The molecule has 0 saturated heterocycles. The molecule has 0 aromatic carbocycles. The Morgan fingerprint density at radius 2 is 0.919 bits per heavy atom. The van der Waals surface area contributed by atoms with Gasteiger partial charge in [0.05, 0.1) is 19.6 Å². The molecule has 1 unspecified atom stereocenters. The van der Waals surface area contributed by atoms with E-state index in [9.17, 15) is 22.6 Å². The summed E-state index contributed by atoms with van der Waals surface area (Å²) in [5.41, 5.74) is 0. The second-order valence-corrected chi connectivity index (χ2v) is 11.6. The van der Waals surface area contributed by atoms with Gasteiger partial charge in [0.2, 0.25) is 0 Å². The molecule has 0 rings (SSSR count). The van der Waals surface area contributed by atoms with E-state index in [1.54, 1.807) is 0 Å². The first-order valence-electron chi connectivity index (χ1n) is 14.6. The molecule has 1 atom stereocenters. The minimum atomic E-state index is -4.75. The van der Waals surface area contributed by atoms with Gasteiger partial charge in [-0.1, -0.05) is 129 Å². The Balaban J connectivity index is 0. The second kappa shape index (κ2) is 27.2. The third-order valence-electron chi connectivity index (χ3n) is 6.48. The van der Waals surface area contributed by atoms with E-state index < -0.39 is 33.7 Å². The van der Waals surface area contributed by atoms with Gasteiger partial charge in [0, 0.05) is 0 Å². The molecule has 1 N–H and O–H groups in total. The molecule has 0 aliphatic heterocycles. The summed E-state index contributed by atoms with van der Waals surface area (Å²) in [6.45, 7) is 4.67. The van der Waals surface area contributed by atoms with Crippen molar-refractivity contribution in [3.8, 4) is 0 Å². The third kappa shape index (κ3) is 25.6. The van der Waals surface area contributed by atoms with Crippen molar-refractivity contribution in [3.63, 3.8) is 0 Å². The minimum Gasteiger partial charge on any atom is -0.466 e. The number of carbonyl (C=O) groups is 2. The van der Waals surface area contributed by atoms with Crippen molar-refractivity contribution in [2.45, 2.75) is 154 Å². The lowest BCUT2D eigenvalue weighted by Crippen LogP contribution is -2.34. The van der Waals surface area contributed by atoms with Crippen LogP contribution in [-0.4, -0.2) is 66.4 Å². The van der Waals surface area contributed by atoms with Crippen LogP contribution in [0.4, 0.5) is 0 Å². The Morgan fingerprint density at radius 3 is 1.27 bits per heavy atom. The van der Waals surface area contributed by atoms with E-state index in [0.29, 0.717) is 12.8 Å². The SMILES string of the molecule is CCCCCCCCCCCCOC(=O)CC(C(=O)OCCCCCCCCCCCC)S(=O)(=O)O.[MgH2]. The fourth-order valence-corrected chi connectivity index (χ4v) is 4.81. The van der Waals surface area contributed by atoms with Crippen LogP contribution in [0.25, 0.3) is 0 Å². The fraction of sp³-hybridized carbons (Fsp3) is 0.929. The van der Waals surface area contributed by atoms with E-state index in [-0.39, 0.29) is 36.3 Å². The molecule has 0 saturated carbocycles. The monoisotopic (exact) mass is 560 g/mol. The quantitative estimate of drug-likeness (QED) is 0.0546. The Kier molecular flexibility index (Phi) is 28.5. The van der Waals surface area contributed by atoms with Crippen LogP contribution in [0.3, 0.4) is 0 Å². The fourth-order valence-electron chi connectivity index (χ4n) is 4.15. The van der Waals surface area contributed by atoms with Gasteiger partial charge in [0.25, 0.3) is 10.1 Å². The number of hydrogen-bond donors (Lipinski definition) is 1. The minimum absolute atomic E-state index is 0. The normalized spacial score (nSPS) is 12.1. The Labute approximate surface area is 243 Å². The van der Waals surface area contributed by atoms with Crippen LogP contribution in [0.2, 0.25) is 0 Å². The lowest BCUT2D eigenvalue weighted by Gasteiger charge is -2.13. The predicted molar refractivity (Wildman–Crippen MR) is 154 cm³/mol. The van der Waals surface area contributed by atoms with Crippen LogP contribution in [-0.2, 0) is 29.2 Å². The third-order valence-corrected chi connectivity index (χ3v) is 7.56. The highest BCUT2D eigenvalue weighted by Gasteiger charge is 2.35. The molecule has 0 aromatic heterocycles. The van der Waals surface area contributed by atoms with E-state index in [1.165, 1.54) is 77.0 Å². The summed E-state index contributed by atoms with van der Waals surface area (Å²) < 4.78 is 42.7. The molecule has 0 fully saturated rings. The van der Waals surface area contributed by atoms with E-state index in [2.05, 4.69) is 13.8 Å². The van der Waals surface area contributed by atoms with Gasteiger partial charge < -0.3 is 9.47 Å². The van der Waals surface area contributed by atoms with E-state index in [1.807, 2.05) is 0 Å². The van der Waals surface area contributed by atoms with E-state index in [0.717, 1.165) is 38.5 Å². The maximum absolute atomic E-state index is 12.2. The number of rotatable bonds is 26. The molecule has 7 nitrogen and oxygen atoms in total. The molecule has 37 heavy (non-hydrogen) atoms.